The maximum atomic E-state index is 12.9. The van der Waals surface area contributed by atoms with Gasteiger partial charge in [0.25, 0.3) is 0 Å². The third-order valence-electron chi connectivity index (χ3n) is 6.20. The quantitative estimate of drug-likeness (QED) is 0.808. The normalized spacial score (nSPS) is 24.3. The summed E-state index contributed by atoms with van der Waals surface area (Å²) in [5.41, 5.74) is 1.57. The molecule has 4 rings (SSSR count). The first-order valence-corrected chi connectivity index (χ1v) is 11.0. The smallest absolute Gasteiger partial charge is 0.248 e. The van der Waals surface area contributed by atoms with E-state index in [0.717, 1.165) is 32.4 Å². The molecule has 0 amide bonds. The van der Waals surface area contributed by atoms with Gasteiger partial charge in [-0.3, -0.25) is 0 Å². The van der Waals surface area contributed by atoms with E-state index in [2.05, 4.69) is 47.4 Å². The summed E-state index contributed by atoms with van der Waals surface area (Å²) < 4.78 is 32.4. The number of likely N-dealkylation sites (N-methyl/N-ethyl adjacent to an activating group) is 1. The summed E-state index contributed by atoms with van der Waals surface area (Å²) >= 11 is 0. The molecule has 1 atom stereocenters. The average Bonchev–Trinajstić information content (AvgIpc) is 3.09. The molecule has 27 heavy (non-hydrogen) atoms. The van der Waals surface area contributed by atoms with Crippen LogP contribution in [-0.2, 0) is 10.0 Å². The van der Waals surface area contributed by atoms with Gasteiger partial charge in [0.15, 0.2) is 5.76 Å². The van der Waals surface area contributed by atoms with Crippen LogP contribution in [0.25, 0.3) is 0 Å². The van der Waals surface area contributed by atoms with Crippen LogP contribution in [0.1, 0.15) is 36.5 Å². The fourth-order valence-corrected chi connectivity index (χ4v) is 6.37. The van der Waals surface area contributed by atoms with Crippen LogP contribution in [0, 0.1) is 12.3 Å². The molecule has 2 aliphatic heterocycles. The number of hydrogen-bond acceptors (Lipinski definition) is 5. The number of aryl methyl sites for hydroxylation is 1. The first-order valence-electron chi connectivity index (χ1n) is 9.55. The van der Waals surface area contributed by atoms with Gasteiger partial charge >= 0.3 is 0 Å². The molecule has 2 saturated heterocycles. The highest BCUT2D eigenvalue weighted by atomic mass is 32.2. The maximum absolute atomic E-state index is 12.9. The molecule has 0 bridgehead atoms. The van der Waals surface area contributed by atoms with Crippen molar-refractivity contribution < 1.29 is 12.9 Å². The van der Waals surface area contributed by atoms with Crippen molar-refractivity contribution in [2.24, 2.45) is 5.41 Å². The van der Waals surface area contributed by atoms with Crippen molar-refractivity contribution in [3.63, 3.8) is 0 Å². The van der Waals surface area contributed by atoms with Gasteiger partial charge in [-0.1, -0.05) is 35.5 Å². The Balaban J connectivity index is 1.50. The van der Waals surface area contributed by atoms with Crippen molar-refractivity contribution in [2.75, 3.05) is 33.2 Å². The predicted octanol–water partition coefficient (Wildman–Crippen LogP) is 2.87. The Morgan fingerprint density at radius 1 is 1.19 bits per heavy atom. The number of sulfonamides is 1. The third kappa shape index (κ3) is 3.56. The number of rotatable bonds is 3. The van der Waals surface area contributed by atoms with Crippen LogP contribution in [0.2, 0.25) is 0 Å². The molecule has 6 nitrogen and oxygen atoms in total. The topological polar surface area (TPSA) is 66.7 Å². The lowest BCUT2D eigenvalue weighted by Crippen LogP contribution is -2.51. The van der Waals surface area contributed by atoms with Gasteiger partial charge in [-0.15, -0.1) is 0 Å². The van der Waals surface area contributed by atoms with E-state index in [1.165, 1.54) is 11.8 Å². The van der Waals surface area contributed by atoms with Crippen LogP contribution < -0.4 is 0 Å². The molecule has 3 heterocycles. The summed E-state index contributed by atoms with van der Waals surface area (Å²) in [6, 6.07) is 10.7. The highest BCUT2D eigenvalue weighted by Gasteiger charge is 2.43. The molecule has 2 fully saturated rings. The number of nitrogens with zero attached hydrogens (tertiary/aromatic N) is 3. The molecule has 0 aliphatic carbocycles. The number of hydrogen-bond donors (Lipinski definition) is 0. The summed E-state index contributed by atoms with van der Waals surface area (Å²) in [4.78, 5) is 2.61. The van der Waals surface area contributed by atoms with Crippen molar-refractivity contribution in [2.45, 2.75) is 37.0 Å². The number of likely N-dealkylation sites (tertiary alicyclic amines) is 1. The minimum atomic E-state index is -3.52. The van der Waals surface area contributed by atoms with E-state index in [1.54, 1.807) is 11.2 Å². The zero-order valence-corrected chi connectivity index (χ0v) is 16.8. The molecule has 146 valence electrons. The zero-order valence-electron chi connectivity index (χ0n) is 16.0. The first kappa shape index (κ1) is 18.7. The molecule has 1 aromatic heterocycles. The highest BCUT2D eigenvalue weighted by molar-refractivity contribution is 7.89. The molecule has 7 heteroatoms. The Morgan fingerprint density at radius 3 is 2.52 bits per heavy atom. The Kier molecular flexibility index (Phi) is 4.86. The summed E-state index contributed by atoms with van der Waals surface area (Å²) in [7, 11) is -1.34. The number of aromatic nitrogens is 1. The summed E-state index contributed by atoms with van der Waals surface area (Å²) in [6.07, 6.45) is 4.23. The lowest BCUT2D eigenvalue weighted by Gasteiger charge is -2.49. The van der Waals surface area contributed by atoms with Gasteiger partial charge in [0.2, 0.25) is 10.0 Å². The van der Waals surface area contributed by atoms with Gasteiger partial charge < -0.3 is 9.42 Å². The standard InChI is InChI=1S/C20H27N3O3S/c1-16-19(13-21-26-16)27(24,25)23-10-8-20(9-11-23)12-18(14-22(2)15-20)17-6-4-3-5-7-17/h3-7,13,18H,8-12,14-15H2,1-2H3. The minimum Gasteiger partial charge on any atom is -0.360 e. The van der Waals surface area contributed by atoms with Gasteiger partial charge in [-0.05, 0) is 50.1 Å². The molecule has 0 saturated carbocycles. The van der Waals surface area contributed by atoms with E-state index in [-0.39, 0.29) is 10.3 Å². The van der Waals surface area contributed by atoms with Crippen molar-refractivity contribution in [1.82, 2.24) is 14.4 Å². The van der Waals surface area contributed by atoms with Crippen molar-refractivity contribution in [3.05, 3.63) is 47.9 Å². The van der Waals surface area contributed by atoms with Crippen LogP contribution in [0.4, 0.5) is 0 Å². The molecule has 0 radical (unpaired) electrons. The van der Waals surface area contributed by atoms with E-state index < -0.39 is 10.0 Å². The van der Waals surface area contributed by atoms with Crippen LogP contribution in [0.15, 0.2) is 45.9 Å². The zero-order chi connectivity index (χ0) is 19.1. The van der Waals surface area contributed by atoms with Gasteiger partial charge in [0.05, 0.1) is 6.20 Å². The van der Waals surface area contributed by atoms with Crippen LogP contribution in [0.5, 0.6) is 0 Å². The summed E-state index contributed by atoms with van der Waals surface area (Å²) in [5, 5.41) is 3.63. The molecule has 1 spiro atoms. The fraction of sp³-hybridized carbons (Fsp3) is 0.550. The second-order valence-corrected chi connectivity index (χ2v) is 10.1. The van der Waals surface area contributed by atoms with E-state index in [1.807, 2.05) is 0 Å². The average molecular weight is 390 g/mol. The van der Waals surface area contributed by atoms with Crippen molar-refractivity contribution in [3.8, 4) is 0 Å². The molecule has 2 aliphatic rings. The van der Waals surface area contributed by atoms with Gasteiger partial charge in [-0.2, -0.15) is 4.31 Å². The lowest BCUT2D eigenvalue weighted by molar-refractivity contribution is 0.0441. The van der Waals surface area contributed by atoms with E-state index in [4.69, 9.17) is 4.52 Å². The van der Waals surface area contributed by atoms with E-state index >= 15 is 0 Å². The molecule has 1 unspecified atom stereocenters. The minimum absolute atomic E-state index is 0.184. The predicted molar refractivity (Wildman–Crippen MR) is 103 cm³/mol. The Bertz CT molecular complexity index is 886. The van der Waals surface area contributed by atoms with Gasteiger partial charge in [0, 0.05) is 26.2 Å². The largest absolute Gasteiger partial charge is 0.360 e. The third-order valence-corrected chi connectivity index (χ3v) is 8.19. The van der Waals surface area contributed by atoms with Crippen LogP contribution in [-0.4, -0.2) is 56.0 Å². The Labute approximate surface area is 161 Å². The molecular weight excluding hydrogens is 362 g/mol. The van der Waals surface area contributed by atoms with Crippen molar-refractivity contribution >= 4 is 10.0 Å². The SMILES string of the molecule is Cc1oncc1S(=O)(=O)N1CCC2(CC1)CC(c1ccccc1)CN(C)C2. The molecule has 1 aromatic carbocycles. The second kappa shape index (κ2) is 7.04. The first-order chi connectivity index (χ1) is 12.9. The second-order valence-electron chi connectivity index (χ2n) is 8.16. The summed E-state index contributed by atoms with van der Waals surface area (Å²) in [6.45, 7) is 4.86. The van der Waals surface area contributed by atoms with Crippen LogP contribution >= 0.6 is 0 Å². The van der Waals surface area contributed by atoms with Crippen LogP contribution in [0.3, 0.4) is 0 Å². The van der Waals surface area contributed by atoms with Gasteiger partial charge in [-0.25, -0.2) is 8.42 Å². The Morgan fingerprint density at radius 2 is 1.89 bits per heavy atom. The number of benzene rings is 1. The molecular formula is C20H27N3O3S. The Hall–Kier alpha value is -1.70. The lowest BCUT2D eigenvalue weighted by atomic mass is 9.68. The summed E-state index contributed by atoms with van der Waals surface area (Å²) in [5.74, 6) is 0.866. The van der Waals surface area contributed by atoms with Gasteiger partial charge in [0.1, 0.15) is 4.90 Å². The monoisotopic (exact) mass is 389 g/mol. The van der Waals surface area contributed by atoms with E-state index in [9.17, 15) is 8.42 Å². The highest BCUT2D eigenvalue weighted by Crippen LogP contribution is 2.45. The molecule has 0 N–H and O–H groups in total. The van der Waals surface area contributed by atoms with E-state index in [0.29, 0.717) is 24.8 Å². The fourth-order valence-electron chi connectivity index (χ4n) is 4.85. The van der Waals surface area contributed by atoms with Crippen molar-refractivity contribution in [1.29, 1.82) is 0 Å². The molecule has 2 aromatic rings. The maximum Gasteiger partial charge on any atom is 0.248 e. The number of piperidine rings is 2.